The van der Waals surface area contributed by atoms with E-state index < -0.39 is 0 Å². The topological polar surface area (TPSA) is 45.7 Å². The van der Waals surface area contributed by atoms with Crippen molar-refractivity contribution in [2.75, 3.05) is 26.3 Å². The molecule has 0 aliphatic rings. The minimum absolute atomic E-state index is 0. The summed E-state index contributed by atoms with van der Waals surface area (Å²) in [6.45, 7) is 7.77. The Balaban J connectivity index is 0.00000264. The summed E-state index contributed by atoms with van der Waals surface area (Å²) in [5.41, 5.74) is 1.21. The fourth-order valence-corrected chi connectivity index (χ4v) is 2.24. The molecular formula is C18H26IN3O. The zero-order valence-electron chi connectivity index (χ0n) is 13.8. The van der Waals surface area contributed by atoms with Crippen LogP contribution in [0.15, 0.2) is 47.5 Å². The van der Waals surface area contributed by atoms with E-state index in [-0.39, 0.29) is 24.0 Å². The molecule has 0 aliphatic carbocycles. The van der Waals surface area contributed by atoms with Gasteiger partial charge in [0.1, 0.15) is 0 Å². The van der Waals surface area contributed by atoms with Gasteiger partial charge in [-0.3, -0.25) is 0 Å². The van der Waals surface area contributed by atoms with Gasteiger partial charge >= 0.3 is 0 Å². The van der Waals surface area contributed by atoms with Gasteiger partial charge in [-0.25, -0.2) is 4.99 Å². The number of ether oxygens (including phenoxy) is 1. The van der Waals surface area contributed by atoms with Crippen molar-refractivity contribution in [2.45, 2.75) is 20.4 Å². The average molecular weight is 427 g/mol. The second-order valence-corrected chi connectivity index (χ2v) is 5.00. The summed E-state index contributed by atoms with van der Waals surface area (Å²) in [6, 6.07) is 14.9. The minimum atomic E-state index is 0. The van der Waals surface area contributed by atoms with E-state index in [4.69, 9.17) is 4.74 Å². The summed E-state index contributed by atoms with van der Waals surface area (Å²) >= 11 is 0. The molecule has 0 radical (unpaired) electrons. The first-order chi connectivity index (χ1) is 10.8. The number of guanidine groups is 1. The number of aliphatic imine (C=N–C) groups is 1. The first-order valence-corrected chi connectivity index (χ1v) is 7.91. The molecule has 0 atom stereocenters. The third-order valence-electron chi connectivity index (χ3n) is 3.32. The molecule has 0 spiro atoms. The van der Waals surface area contributed by atoms with E-state index in [1.807, 2.05) is 6.92 Å². The summed E-state index contributed by atoms with van der Waals surface area (Å²) in [4.78, 5) is 4.63. The number of nitrogens with one attached hydrogen (secondary N) is 2. The van der Waals surface area contributed by atoms with Gasteiger partial charge in [-0.2, -0.15) is 0 Å². The number of hydrogen-bond donors (Lipinski definition) is 2. The van der Waals surface area contributed by atoms with Gasteiger partial charge in [0.05, 0.1) is 13.2 Å². The largest absolute Gasteiger partial charge is 0.380 e. The molecule has 0 bridgehead atoms. The predicted molar refractivity (Wildman–Crippen MR) is 109 cm³/mol. The lowest BCUT2D eigenvalue weighted by Crippen LogP contribution is -2.39. The third kappa shape index (κ3) is 6.74. The molecule has 23 heavy (non-hydrogen) atoms. The highest BCUT2D eigenvalue weighted by molar-refractivity contribution is 14.0. The van der Waals surface area contributed by atoms with E-state index >= 15 is 0 Å². The Labute approximate surface area is 155 Å². The molecule has 0 unspecified atom stereocenters. The molecule has 2 rings (SSSR count). The lowest BCUT2D eigenvalue weighted by Gasteiger charge is -2.11. The molecule has 2 N–H and O–H groups in total. The number of rotatable bonds is 7. The maximum absolute atomic E-state index is 5.33. The van der Waals surface area contributed by atoms with Gasteiger partial charge in [-0.05, 0) is 36.2 Å². The smallest absolute Gasteiger partial charge is 0.191 e. The molecule has 2 aromatic rings. The van der Waals surface area contributed by atoms with E-state index in [1.165, 1.54) is 16.3 Å². The van der Waals surface area contributed by atoms with Crippen LogP contribution in [-0.2, 0) is 11.3 Å². The lowest BCUT2D eigenvalue weighted by molar-refractivity contribution is 0.152. The highest BCUT2D eigenvalue weighted by atomic mass is 127. The molecule has 126 valence electrons. The molecule has 0 saturated carbocycles. The molecule has 0 aliphatic heterocycles. The SMILES string of the molecule is CCNC(=NCc1ccc2ccccc2c1)NCCOCC.I. The normalized spacial score (nSPS) is 11.1. The minimum Gasteiger partial charge on any atom is -0.380 e. The van der Waals surface area contributed by atoms with Crippen molar-refractivity contribution in [3.63, 3.8) is 0 Å². The van der Waals surface area contributed by atoms with Crippen molar-refractivity contribution >= 4 is 40.7 Å². The number of fused-ring (bicyclic) bond motifs is 1. The summed E-state index contributed by atoms with van der Waals surface area (Å²) in [6.07, 6.45) is 0. The fourth-order valence-electron chi connectivity index (χ4n) is 2.24. The first kappa shape index (κ1) is 19.7. The van der Waals surface area contributed by atoms with Gasteiger partial charge in [-0.15, -0.1) is 24.0 Å². The van der Waals surface area contributed by atoms with Crippen LogP contribution in [0, 0.1) is 0 Å². The monoisotopic (exact) mass is 427 g/mol. The van der Waals surface area contributed by atoms with Crippen LogP contribution in [0.5, 0.6) is 0 Å². The molecule has 0 fully saturated rings. The Morgan fingerprint density at radius 2 is 1.83 bits per heavy atom. The van der Waals surface area contributed by atoms with E-state index in [0.717, 1.165) is 25.7 Å². The van der Waals surface area contributed by atoms with Crippen LogP contribution >= 0.6 is 24.0 Å². The highest BCUT2D eigenvalue weighted by Gasteiger charge is 1.99. The quantitative estimate of drug-likeness (QED) is 0.308. The Morgan fingerprint density at radius 3 is 2.57 bits per heavy atom. The molecule has 0 amide bonds. The van der Waals surface area contributed by atoms with Gasteiger partial charge in [0.2, 0.25) is 0 Å². The Bertz CT molecular complexity index is 616. The summed E-state index contributed by atoms with van der Waals surface area (Å²) in [5.74, 6) is 0.829. The summed E-state index contributed by atoms with van der Waals surface area (Å²) < 4.78 is 5.33. The number of halogens is 1. The van der Waals surface area contributed by atoms with Crippen molar-refractivity contribution in [2.24, 2.45) is 4.99 Å². The van der Waals surface area contributed by atoms with Crippen LogP contribution in [0.2, 0.25) is 0 Å². The van der Waals surface area contributed by atoms with Crippen LogP contribution in [0.25, 0.3) is 10.8 Å². The maximum atomic E-state index is 5.33. The summed E-state index contributed by atoms with van der Waals surface area (Å²) in [5, 5.41) is 9.04. The third-order valence-corrected chi connectivity index (χ3v) is 3.32. The zero-order valence-corrected chi connectivity index (χ0v) is 16.2. The fraction of sp³-hybridized carbons (Fsp3) is 0.389. The Morgan fingerprint density at radius 1 is 1.04 bits per heavy atom. The standard InChI is InChI=1S/C18H25N3O.HI/c1-3-19-18(20-11-12-22-4-2)21-14-15-9-10-16-7-5-6-8-17(16)13-15;/h5-10,13H,3-4,11-12,14H2,1-2H3,(H2,19,20,21);1H. The van der Waals surface area contributed by atoms with Gasteiger partial charge in [0, 0.05) is 19.7 Å². The van der Waals surface area contributed by atoms with Crippen molar-refractivity contribution in [3.05, 3.63) is 48.0 Å². The molecule has 5 heteroatoms. The van der Waals surface area contributed by atoms with Crippen molar-refractivity contribution in [1.29, 1.82) is 0 Å². The van der Waals surface area contributed by atoms with E-state index in [0.29, 0.717) is 13.2 Å². The Kier molecular flexibility index (Phi) is 9.63. The van der Waals surface area contributed by atoms with Crippen LogP contribution < -0.4 is 10.6 Å². The summed E-state index contributed by atoms with van der Waals surface area (Å²) in [7, 11) is 0. The zero-order chi connectivity index (χ0) is 15.6. The van der Waals surface area contributed by atoms with Gasteiger partial charge in [-0.1, -0.05) is 36.4 Å². The van der Waals surface area contributed by atoms with Crippen molar-refractivity contribution in [3.8, 4) is 0 Å². The molecule has 0 heterocycles. The molecule has 0 aromatic heterocycles. The number of nitrogens with zero attached hydrogens (tertiary/aromatic N) is 1. The average Bonchev–Trinajstić information content (AvgIpc) is 2.56. The first-order valence-electron chi connectivity index (χ1n) is 7.91. The number of benzene rings is 2. The van der Waals surface area contributed by atoms with Gasteiger partial charge < -0.3 is 15.4 Å². The highest BCUT2D eigenvalue weighted by Crippen LogP contribution is 2.16. The van der Waals surface area contributed by atoms with E-state index in [9.17, 15) is 0 Å². The van der Waals surface area contributed by atoms with Gasteiger partial charge in [0.15, 0.2) is 5.96 Å². The van der Waals surface area contributed by atoms with Crippen LogP contribution in [0.3, 0.4) is 0 Å². The molecular weight excluding hydrogens is 401 g/mol. The molecule has 2 aromatic carbocycles. The predicted octanol–water partition coefficient (Wildman–Crippen LogP) is 3.55. The van der Waals surface area contributed by atoms with Crippen LogP contribution in [-0.4, -0.2) is 32.3 Å². The van der Waals surface area contributed by atoms with Crippen LogP contribution in [0.1, 0.15) is 19.4 Å². The van der Waals surface area contributed by atoms with Crippen molar-refractivity contribution in [1.82, 2.24) is 10.6 Å². The second kappa shape index (κ2) is 11.2. The number of hydrogen-bond acceptors (Lipinski definition) is 2. The van der Waals surface area contributed by atoms with E-state index in [1.54, 1.807) is 0 Å². The Hall–Kier alpha value is -1.34. The lowest BCUT2D eigenvalue weighted by atomic mass is 10.1. The maximum Gasteiger partial charge on any atom is 0.191 e. The molecule has 4 nitrogen and oxygen atoms in total. The van der Waals surface area contributed by atoms with Gasteiger partial charge in [0.25, 0.3) is 0 Å². The second-order valence-electron chi connectivity index (χ2n) is 5.00. The van der Waals surface area contributed by atoms with Crippen molar-refractivity contribution < 1.29 is 4.74 Å². The van der Waals surface area contributed by atoms with E-state index in [2.05, 4.69) is 65.0 Å². The molecule has 0 saturated heterocycles. The van der Waals surface area contributed by atoms with Crippen LogP contribution in [0.4, 0.5) is 0 Å².